The molecule has 4 nitrogen and oxygen atoms in total. The Bertz CT molecular complexity index is 381. The molecule has 0 radical (unpaired) electrons. The lowest BCUT2D eigenvalue weighted by molar-refractivity contribution is -0.149. The van der Waals surface area contributed by atoms with Crippen LogP contribution >= 0.6 is 0 Å². The number of hydrogen-bond acceptors (Lipinski definition) is 2. The third-order valence-electron chi connectivity index (χ3n) is 5.35. The van der Waals surface area contributed by atoms with Gasteiger partial charge in [0, 0.05) is 13.1 Å². The molecule has 2 aliphatic carbocycles. The van der Waals surface area contributed by atoms with E-state index in [1.54, 1.807) is 0 Å². The molecule has 1 N–H and O–H groups in total. The Kier molecular flexibility index (Phi) is 4.40. The maximum Gasteiger partial charge on any atom is 0.307 e. The van der Waals surface area contributed by atoms with Gasteiger partial charge in [-0.3, -0.25) is 9.59 Å². The van der Waals surface area contributed by atoms with Crippen molar-refractivity contribution in [3.8, 4) is 0 Å². The second-order valence-corrected chi connectivity index (χ2v) is 7.33. The molecule has 2 saturated carbocycles. The van der Waals surface area contributed by atoms with E-state index in [4.69, 9.17) is 0 Å². The van der Waals surface area contributed by atoms with Crippen molar-refractivity contribution in [2.24, 2.45) is 17.3 Å². The first-order valence-corrected chi connectivity index (χ1v) is 7.81. The molecule has 4 heteroatoms. The van der Waals surface area contributed by atoms with Crippen LogP contribution in [0.1, 0.15) is 58.8 Å². The van der Waals surface area contributed by atoms with Crippen LogP contribution in [-0.4, -0.2) is 35.0 Å². The summed E-state index contributed by atoms with van der Waals surface area (Å²) in [4.78, 5) is 25.7. The molecule has 0 saturated heterocycles. The van der Waals surface area contributed by atoms with E-state index in [1.165, 1.54) is 0 Å². The summed E-state index contributed by atoms with van der Waals surface area (Å²) in [7, 11) is 1.86. The van der Waals surface area contributed by atoms with Gasteiger partial charge in [0.2, 0.25) is 5.91 Å². The van der Waals surface area contributed by atoms with Crippen LogP contribution in [0, 0.1) is 17.3 Å². The van der Waals surface area contributed by atoms with Crippen molar-refractivity contribution < 1.29 is 14.7 Å². The number of carboxylic acids is 1. The summed E-state index contributed by atoms with van der Waals surface area (Å²) in [5, 5.41) is 9.22. The zero-order valence-corrected chi connectivity index (χ0v) is 12.9. The molecule has 2 rings (SSSR count). The second kappa shape index (κ2) is 5.74. The van der Waals surface area contributed by atoms with Gasteiger partial charge in [-0.2, -0.15) is 0 Å². The van der Waals surface area contributed by atoms with E-state index in [-0.39, 0.29) is 11.8 Å². The lowest BCUT2D eigenvalue weighted by Gasteiger charge is -2.39. The molecule has 2 atom stereocenters. The van der Waals surface area contributed by atoms with E-state index in [1.807, 2.05) is 11.9 Å². The third-order valence-corrected chi connectivity index (χ3v) is 5.35. The fourth-order valence-corrected chi connectivity index (χ4v) is 3.76. The molecule has 0 aromatic rings. The summed E-state index contributed by atoms with van der Waals surface area (Å²) >= 11 is 0. The highest BCUT2D eigenvalue weighted by molar-refractivity contribution is 5.85. The summed E-state index contributed by atoms with van der Waals surface area (Å²) in [5.41, 5.74) is 0.386. The third kappa shape index (κ3) is 3.15. The van der Waals surface area contributed by atoms with Gasteiger partial charge in [0.1, 0.15) is 0 Å². The van der Waals surface area contributed by atoms with E-state index in [2.05, 4.69) is 13.8 Å². The minimum absolute atomic E-state index is 0.0552. The fraction of sp³-hybridized carbons (Fsp3) is 0.875. The monoisotopic (exact) mass is 281 g/mol. The van der Waals surface area contributed by atoms with Gasteiger partial charge in [-0.1, -0.05) is 20.3 Å². The number of nitrogens with zero attached hydrogens (tertiary/aromatic N) is 1. The van der Waals surface area contributed by atoms with Crippen molar-refractivity contribution in [1.29, 1.82) is 0 Å². The van der Waals surface area contributed by atoms with Crippen molar-refractivity contribution in [2.75, 3.05) is 7.05 Å². The summed E-state index contributed by atoms with van der Waals surface area (Å²) in [6.07, 6.45) is 6.61. The Labute approximate surface area is 121 Å². The van der Waals surface area contributed by atoms with Gasteiger partial charge in [-0.05, 0) is 43.9 Å². The second-order valence-electron chi connectivity index (χ2n) is 7.33. The van der Waals surface area contributed by atoms with E-state index >= 15 is 0 Å². The quantitative estimate of drug-likeness (QED) is 0.865. The maximum absolute atomic E-state index is 12.6. The number of rotatable bonds is 3. The molecule has 0 aromatic carbocycles. The number of amides is 1. The minimum Gasteiger partial charge on any atom is -0.481 e. The Morgan fingerprint density at radius 2 is 1.60 bits per heavy atom. The molecule has 114 valence electrons. The van der Waals surface area contributed by atoms with Crippen LogP contribution in [0.2, 0.25) is 0 Å². The largest absolute Gasteiger partial charge is 0.481 e. The molecule has 0 heterocycles. The lowest BCUT2D eigenvalue weighted by Crippen LogP contribution is -2.45. The van der Waals surface area contributed by atoms with Gasteiger partial charge in [0.25, 0.3) is 0 Å². The summed E-state index contributed by atoms with van der Waals surface area (Å²) in [5.74, 6) is -1.52. The SMILES string of the molecule is CN(C(=O)C1CCCC1C(=O)O)C1CCC(C)(C)CC1. The first-order valence-electron chi connectivity index (χ1n) is 7.81. The van der Waals surface area contributed by atoms with Gasteiger partial charge >= 0.3 is 5.97 Å². The van der Waals surface area contributed by atoms with Crippen molar-refractivity contribution in [2.45, 2.75) is 64.8 Å². The summed E-state index contributed by atoms with van der Waals surface area (Å²) in [6, 6.07) is 0.297. The molecule has 1 amide bonds. The van der Waals surface area contributed by atoms with Crippen molar-refractivity contribution in [3.05, 3.63) is 0 Å². The van der Waals surface area contributed by atoms with Gasteiger partial charge in [0.15, 0.2) is 0 Å². The zero-order valence-electron chi connectivity index (χ0n) is 12.9. The normalized spacial score (nSPS) is 30.1. The average Bonchev–Trinajstić information content (AvgIpc) is 2.86. The van der Waals surface area contributed by atoms with Gasteiger partial charge in [0.05, 0.1) is 11.8 Å². The van der Waals surface area contributed by atoms with Gasteiger partial charge in [-0.15, -0.1) is 0 Å². The number of carbonyl (C=O) groups excluding carboxylic acids is 1. The van der Waals surface area contributed by atoms with E-state index < -0.39 is 11.9 Å². The smallest absolute Gasteiger partial charge is 0.307 e. The van der Waals surface area contributed by atoms with Crippen molar-refractivity contribution in [3.63, 3.8) is 0 Å². The molecule has 2 unspecified atom stereocenters. The highest BCUT2D eigenvalue weighted by Crippen LogP contribution is 2.38. The van der Waals surface area contributed by atoms with Crippen LogP contribution in [0.15, 0.2) is 0 Å². The molecular weight excluding hydrogens is 254 g/mol. The molecule has 0 spiro atoms. The van der Waals surface area contributed by atoms with E-state index in [9.17, 15) is 14.7 Å². The van der Waals surface area contributed by atoms with Gasteiger partial charge < -0.3 is 10.0 Å². The minimum atomic E-state index is -0.806. The molecule has 0 bridgehead atoms. The lowest BCUT2D eigenvalue weighted by atomic mass is 9.75. The maximum atomic E-state index is 12.6. The van der Waals surface area contributed by atoms with Crippen LogP contribution in [0.25, 0.3) is 0 Å². The Morgan fingerprint density at radius 3 is 2.15 bits per heavy atom. The number of carbonyl (C=O) groups is 2. The molecule has 20 heavy (non-hydrogen) atoms. The molecule has 0 aromatic heterocycles. The zero-order chi connectivity index (χ0) is 14.9. The predicted octanol–water partition coefficient (Wildman–Crippen LogP) is 2.91. The number of hydrogen-bond donors (Lipinski definition) is 1. The first-order chi connectivity index (χ1) is 9.32. The van der Waals surface area contributed by atoms with Crippen LogP contribution in [0.4, 0.5) is 0 Å². The van der Waals surface area contributed by atoms with Crippen LogP contribution in [0.3, 0.4) is 0 Å². The first kappa shape index (κ1) is 15.3. The van der Waals surface area contributed by atoms with Crippen molar-refractivity contribution >= 4 is 11.9 Å². The average molecular weight is 281 g/mol. The Hall–Kier alpha value is -1.06. The topological polar surface area (TPSA) is 57.6 Å². The molecular formula is C16H27NO3. The Morgan fingerprint density at radius 1 is 1.05 bits per heavy atom. The molecule has 2 fully saturated rings. The van der Waals surface area contributed by atoms with Crippen LogP contribution in [-0.2, 0) is 9.59 Å². The Balaban J connectivity index is 1.97. The summed E-state index contributed by atoms with van der Waals surface area (Å²) in [6.45, 7) is 4.56. The fourth-order valence-electron chi connectivity index (χ4n) is 3.76. The van der Waals surface area contributed by atoms with Crippen molar-refractivity contribution in [1.82, 2.24) is 4.90 Å². The highest BCUT2D eigenvalue weighted by atomic mass is 16.4. The van der Waals surface area contributed by atoms with Crippen LogP contribution < -0.4 is 0 Å². The van der Waals surface area contributed by atoms with Crippen LogP contribution in [0.5, 0.6) is 0 Å². The molecule has 0 aliphatic heterocycles. The van der Waals surface area contributed by atoms with Gasteiger partial charge in [-0.25, -0.2) is 0 Å². The number of carboxylic acid groups (broad SMARTS) is 1. The highest BCUT2D eigenvalue weighted by Gasteiger charge is 2.41. The predicted molar refractivity (Wildman–Crippen MR) is 77.3 cm³/mol. The van der Waals surface area contributed by atoms with E-state index in [0.717, 1.165) is 38.5 Å². The van der Waals surface area contributed by atoms with E-state index in [0.29, 0.717) is 17.9 Å². The molecule has 2 aliphatic rings. The summed E-state index contributed by atoms with van der Waals surface area (Å²) < 4.78 is 0. The standard InChI is InChI=1S/C16H27NO3/c1-16(2)9-7-11(8-10-16)17(3)14(18)12-5-4-6-13(12)15(19)20/h11-13H,4-10H2,1-3H3,(H,19,20). The number of aliphatic carboxylic acids is 1.